The fraction of sp³-hybridized carbons (Fsp3) is 0.619. The molecule has 1 aliphatic heterocycles. The van der Waals surface area contributed by atoms with Gasteiger partial charge in [0, 0.05) is 19.1 Å². The highest BCUT2D eigenvalue weighted by molar-refractivity contribution is 5.92. The number of fused-ring (bicyclic) bond motifs is 1. The van der Waals surface area contributed by atoms with E-state index in [1.165, 1.54) is 0 Å². The van der Waals surface area contributed by atoms with Crippen LogP contribution in [0.3, 0.4) is 0 Å². The number of ether oxygens (including phenoxy) is 1. The van der Waals surface area contributed by atoms with Crippen molar-refractivity contribution in [3.63, 3.8) is 0 Å². The van der Waals surface area contributed by atoms with Gasteiger partial charge in [-0.1, -0.05) is 13.8 Å². The molecule has 1 saturated carbocycles. The van der Waals surface area contributed by atoms with Crippen molar-refractivity contribution in [3.8, 4) is 0 Å². The molecule has 3 rings (SSSR count). The lowest BCUT2D eigenvalue weighted by Crippen LogP contribution is -2.48. The van der Waals surface area contributed by atoms with Gasteiger partial charge >= 0.3 is 12.1 Å². The van der Waals surface area contributed by atoms with Crippen molar-refractivity contribution in [2.45, 2.75) is 58.3 Å². The predicted molar refractivity (Wildman–Crippen MR) is 101 cm³/mol. The summed E-state index contributed by atoms with van der Waals surface area (Å²) in [5, 5.41) is 0. The van der Waals surface area contributed by atoms with E-state index in [-0.39, 0.29) is 30.0 Å². The summed E-state index contributed by atoms with van der Waals surface area (Å²) >= 11 is 0. The molecule has 2 N–H and O–H groups in total. The number of hydrogen-bond donors (Lipinski definition) is 1. The molecule has 2 aliphatic rings. The minimum atomic E-state index is -4.60. The summed E-state index contributed by atoms with van der Waals surface area (Å²) in [4.78, 5) is 27.1. The Bertz CT molecular complexity index is 822. The second-order valence-corrected chi connectivity index (χ2v) is 8.44. The van der Waals surface area contributed by atoms with Crippen LogP contribution in [-0.2, 0) is 28.7 Å². The molecule has 1 aromatic rings. The molecule has 160 valence electrons. The van der Waals surface area contributed by atoms with Crippen LogP contribution in [0.15, 0.2) is 12.1 Å². The molecule has 1 aromatic carbocycles. The van der Waals surface area contributed by atoms with Gasteiger partial charge in [0.25, 0.3) is 0 Å². The molecule has 1 fully saturated rings. The molecule has 0 spiro atoms. The molecule has 29 heavy (non-hydrogen) atoms. The Morgan fingerprint density at radius 2 is 2.00 bits per heavy atom. The molecule has 8 heteroatoms. The van der Waals surface area contributed by atoms with E-state index in [0.29, 0.717) is 36.9 Å². The molecule has 0 bridgehead atoms. The number of alkyl halides is 3. The van der Waals surface area contributed by atoms with Gasteiger partial charge in [0.2, 0.25) is 5.91 Å². The van der Waals surface area contributed by atoms with Crippen molar-refractivity contribution in [2.24, 2.45) is 17.1 Å². The average molecular weight is 412 g/mol. The fourth-order valence-electron chi connectivity index (χ4n) is 4.72. The van der Waals surface area contributed by atoms with Gasteiger partial charge in [-0.25, -0.2) is 4.79 Å². The largest absolute Gasteiger partial charge is 0.465 e. The van der Waals surface area contributed by atoms with Crippen LogP contribution in [0.1, 0.15) is 60.2 Å². The number of rotatable bonds is 3. The molecule has 0 aromatic heterocycles. The van der Waals surface area contributed by atoms with Crippen LogP contribution in [-0.4, -0.2) is 36.5 Å². The average Bonchev–Trinajstić information content (AvgIpc) is 3.07. The highest BCUT2D eigenvalue weighted by atomic mass is 19.4. The number of halogens is 3. The zero-order valence-electron chi connectivity index (χ0n) is 16.9. The topological polar surface area (TPSA) is 72.6 Å². The third kappa shape index (κ3) is 3.86. The van der Waals surface area contributed by atoms with Crippen LogP contribution in [0.2, 0.25) is 0 Å². The summed E-state index contributed by atoms with van der Waals surface area (Å²) in [6, 6.07) is 1.85. The van der Waals surface area contributed by atoms with Crippen LogP contribution in [0, 0.1) is 11.3 Å². The number of hydrogen-bond acceptors (Lipinski definition) is 4. The molecule has 1 amide bonds. The monoisotopic (exact) mass is 412 g/mol. The van der Waals surface area contributed by atoms with Crippen molar-refractivity contribution >= 4 is 11.9 Å². The van der Waals surface area contributed by atoms with E-state index in [4.69, 9.17) is 5.73 Å². The summed E-state index contributed by atoms with van der Waals surface area (Å²) in [6.07, 6.45) is -2.25. The number of amides is 1. The summed E-state index contributed by atoms with van der Waals surface area (Å²) in [5.41, 5.74) is 5.39. The van der Waals surface area contributed by atoms with Gasteiger partial charge in [-0.05, 0) is 54.9 Å². The Morgan fingerprint density at radius 1 is 1.31 bits per heavy atom. The summed E-state index contributed by atoms with van der Waals surface area (Å²) < 4.78 is 44.8. The predicted octanol–water partition coefficient (Wildman–Crippen LogP) is 3.53. The number of nitrogens with zero attached hydrogens (tertiary/aromatic N) is 1. The van der Waals surface area contributed by atoms with Gasteiger partial charge in [-0.15, -0.1) is 0 Å². The van der Waals surface area contributed by atoms with Crippen molar-refractivity contribution in [3.05, 3.63) is 34.4 Å². The summed E-state index contributed by atoms with van der Waals surface area (Å²) in [6.45, 7) is 4.38. The van der Waals surface area contributed by atoms with E-state index < -0.39 is 23.1 Å². The lowest BCUT2D eigenvalue weighted by molar-refractivity contribution is -0.145. The molecule has 2 atom stereocenters. The van der Waals surface area contributed by atoms with Crippen LogP contribution in [0.25, 0.3) is 0 Å². The Hall–Kier alpha value is -2.09. The molecule has 5 nitrogen and oxygen atoms in total. The van der Waals surface area contributed by atoms with Crippen molar-refractivity contribution < 1.29 is 27.5 Å². The van der Waals surface area contributed by atoms with Gasteiger partial charge in [0.1, 0.15) is 0 Å². The Morgan fingerprint density at radius 3 is 2.52 bits per heavy atom. The number of carbonyl (C=O) groups excluding carboxylic acids is 2. The molecule has 0 radical (unpaired) electrons. The van der Waals surface area contributed by atoms with Crippen LogP contribution < -0.4 is 5.73 Å². The van der Waals surface area contributed by atoms with Crippen molar-refractivity contribution in [1.29, 1.82) is 0 Å². The van der Waals surface area contributed by atoms with E-state index in [2.05, 4.69) is 4.74 Å². The Labute approximate surface area is 168 Å². The molecule has 1 heterocycles. The SMILES string of the molecule is COC(=O)c1cc(C(F)(F)F)cc2c1CCN(C(=O)[C@@]1(C(C)C)CCC(N)C1)C2. The number of methoxy groups -OCH3 is 1. The van der Waals surface area contributed by atoms with Crippen LogP contribution in [0.5, 0.6) is 0 Å². The molecule has 1 unspecified atom stereocenters. The van der Waals surface area contributed by atoms with Gasteiger partial charge in [0.05, 0.1) is 23.7 Å². The smallest absolute Gasteiger partial charge is 0.416 e. The summed E-state index contributed by atoms with van der Waals surface area (Å²) in [5.74, 6) is -0.771. The van der Waals surface area contributed by atoms with Crippen molar-refractivity contribution in [1.82, 2.24) is 4.90 Å². The number of benzene rings is 1. The molecular formula is C21H27F3N2O3. The second kappa shape index (κ2) is 7.63. The molecular weight excluding hydrogens is 385 g/mol. The Balaban J connectivity index is 1.97. The Kier molecular flexibility index (Phi) is 5.69. The van der Waals surface area contributed by atoms with E-state index >= 15 is 0 Å². The van der Waals surface area contributed by atoms with E-state index in [9.17, 15) is 22.8 Å². The van der Waals surface area contributed by atoms with Crippen LogP contribution in [0.4, 0.5) is 13.2 Å². The van der Waals surface area contributed by atoms with E-state index in [0.717, 1.165) is 25.7 Å². The summed E-state index contributed by atoms with van der Waals surface area (Å²) in [7, 11) is 1.14. The zero-order valence-corrected chi connectivity index (χ0v) is 16.9. The van der Waals surface area contributed by atoms with Gasteiger partial charge in [-0.3, -0.25) is 4.79 Å². The number of carbonyl (C=O) groups is 2. The third-order valence-electron chi connectivity index (χ3n) is 6.47. The lowest BCUT2D eigenvalue weighted by atomic mass is 9.73. The quantitative estimate of drug-likeness (QED) is 0.771. The van der Waals surface area contributed by atoms with E-state index in [1.54, 1.807) is 4.90 Å². The maximum absolute atomic E-state index is 13.4. The van der Waals surface area contributed by atoms with E-state index in [1.807, 2.05) is 13.8 Å². The maximum Gasteiger partial charge on any atom is 0.416 e. The molecule has 0 saturated heterocycles. The number of nitrogens with two attached hydrogens (primary N) is 1. The minimum absolute atomic E-state index is 0.0406. The first kappa shape index (κ1) is 21.6. The normalized spacial score (nSPS) is 24.6. The first-order chi connectivity index (χ1) is 13.5. The number of esters is 1. The standard InChI is InChI=1S/C21H27F3N2O3/c1-12(2)20(6-4-15(25)10-20)19(28)26-7-5-16-13(11-26)8-14(21(22,23)24)9-17(16)18(27)29-3/h8-9,12,15H,4-7,10-11,25H2,1-3H3/t15?,20-/m0/s1. The zero-order chi connectivity index (χ0) is 21.6. The molecule has 1 aliphatic carbocycles. The minimum Gasteiger partial charge on any atom is -0.465 e. The highest BCUT2D eigenvalue weighted by Crippen LogP contribution is 2.46. The van der Waals surface area contributed by atoms with Crippen LogP contribution >= 0.6 is 0 Å². The lowest BCUT2D eigenvalue weighted by Gasteiger charge is -2.40. The highest BCUT2D eigenvalue weighted by Gasteiger charge is 2.49. The maximum atomic E-state index is 13.4. The fourth-order valence-corrected chi connectivity index (χ4v) is 4.72. The third-order valence-corrected chi connectivity index (χ3v) is 6.47. The first-order valence-electron chi connectivity index (χ1n) is 9.86. The van der Waals surface area contributed by atoms with Crippen molar-refractivity contribution in [2.75, 3.05) is 13.7 Å². The van der Waals surface area contributed by atoms with Gasteiger partial charge < -0.3 is 15.4 Å². The first-order valence-corrected chi connectivity index (χ1v) is 9.86. The van der Waals surface area contributed by atoms with Gasteiger partial charge in [0.15, 0.2) is 0 Å². The van der Waals surface area contributed by atoms with Gasteiger partial charge in [-0.2, -0.15) is 13.2 Å². The second-order valence-electron chi connectivity index (χ2n) is 8.44.